The van der Waals surface area contributed by atoms with Gasteiger partial charge < -0.3 is 4.90 Å². The Kier molecular flexibility index (Phi) is 3.52. The third-order valence-electron chi connectivity index (χ3n) is 2.88. The van der Waals surface area contributed by atoms with Crippen molar-refractivity contribution in [2.45, 2.75) is 25.2 Å². The molecule has 17 heavy (non-hydrogen) atoms. The third-order valence-corrected chi connectivity index (χ3v) is 2.88. The molecule has 0 bridgehead atoms. The van der Waals surface area contributed by atoms with Crippen molar-refractivity contribution >= 4 is 5.78 Å². The zero-order valence-corrected chi connectivity index (χ0v) is 10.3. The molecule has 1 aliphatic carbocycles. The van der Waals surface area contributed by atoms with E-state index in [1.807, 2.05) is 25.2 Å². The SMILES string of the molecule is CN(C)C=C1CCCC(c2ncccn2)C1=O. The topological polar surface area (TPSA) is 46.1 Å². The Morgan fingerprint density at radius 1 is 1.35 bits per heavy atom. The molecular weight excluding hydrogens is 214 g/mol. The van der Waals surface area contributed by atoms with Gasteiger partial charge >= 0.3 is 0 Å². The van der Waals surface area contributed by atoms with Crippen LogP contribution in [0.2, 0.25) is 0 Å². The first-order chi connectivity index (χ1) is 8.18. The minimum atomic E-state index is -0.156. The number of allylic oxidation sites excluding steroid dienone is 1. The molecule has 1 aromatic rings. The maximum absolute atomic E-state index is 12.3. The molecule has 1 heterocycles. The molecule has 4 nitrogen and oxygen atoms in total. The van der Waals surface area contributed by atoms with Crippen LogP contribution in [0.15, 0.2) is 30.2 Å². The first kappa shape index (κ1) is 11.8. The van der Waals surface area contributed by atoms with E-state index < -0.39 is 0 Å². The fourth-order valence-electron chi connectivity index (χ4n) is 2.15. The monoisotopic (exact) mass is 231 g/mol. The van der Waals surface area contributed by atoms with Crippen molar-refractivity contribution < 1.29 is 4.79 Å². The Hall–Kier alpha value is -1.71. The van der Waals surface area contributed by atoms with Crippen LogP contribution in [0, 0.1) is 0 Å². The summed E-state index contributed by atoms with van der Waals surface area (Å²) in [5.41, 5.74) is 0.888. The van der Waals surface area contributed by atoms with Gasteiger partial charge in [0.1, 0.15) is 5.82 Å². The molecule has 1 saturated carbocycles. The smallest absolute Gasteiger partial charge is 0.170 e. The van der Waals surface area contributed by atoms with Crippen molar-refractivity contribution in [1.82, 2.24) is 14.9 Å². The fraction of sp³-hybridized carbons (Fsp3) is 0.462. The molecule has 0 spiro atoms. The summed E-state index contributed by atoms with van der Waals surface area (Å²) in [7, 11) is 3.87. The number of hydrogen-bond acceptors (Lipinski definition) is 4. The number of nitrogens with zero attached hydrogens (tertiary/aromatic N) is 3. The molecule has 0 aromatic carbocycles. The molecule has 2 rings (SSSR count). The minimum Gasteiger partial charge on any atom is -0.383 e. The maximum atomic E-state index is 12.3. The lowest BCUT2D eigenvalue weighted by atomic mass is 9.84. The predicted octanol–water partition coefficient (Wildman–Crippen LogP) is 1.76. The minimum absolute atomic E-state index is 0.156. The van der Waals surface area contributed by atoms with E-state index >= 15 is 0 Å². The Labute approximate surface area is 101 Å². The summed E-state index contributed by atoms with van der Waals surface area (Å²) in [5, 5.41) is 0. The highest BCUT2D eigenvalue weighted by Gasteiger charge is 2.29. The van der Waals surface area contributed by atoms with Crippen LogP contribution in [0.25, 0.3) is 0 Å². The normalized spacial score (nSPS) is 22.8. The van der Waals surface area contributed by atoms with Crippen LogP contribution >= 0.6 is 0 Å². The molecule has 1 fully saturated rings. The van der Waals surface area contributed by atoms with Gasteiger partial charge in [0.25, 0.3) is 0 Å². The predicted molar refractivity (Wildman–Crippen MR) is 65.4 cm³/mol. The first-order valence-corrected chi connectivity index (χ1v) is 5.86. The van der Waals surface area contributed by atoms with Crippen molar-refractivity contribution in [2.75, 3.05) is 14.1 Å². The summed E-state index contributed by atoms with van der Waals surface area (Å²) in [6.07, 6.45) is 8.04. The van der Waals surface area contributed by atoms with E-state index in [0.717, 1.165) is 24.8 Å². The summed E-state index contributed by atoms with van der Waals surface area (Å²) in [6.45, 7) is 0. The molecule has 1 unspecified atom stereocenters. The van der Waals surface area contributed by atoms with Gasteiger partial charge in [-0.2, -0.15) is 0 Å². The lowest BCUT2D eigenvalue weighted by molar-refractivity contribution is -0.118. The molecule has 0 radical (unpaired) electrons. The average Bonchev–Trinajstić information content (AvgIpc) is 2.32. The van der Waals surface area contributed by atoms with E-state index in [2.05, 4.69) is 9.97 Å². The number of carbonyl (C=O) groups is 1. The summed E-state index contributed by atoms with van der Waals surface area (Å²) >= 11 is 0. The molecule has 90 valence electrons. The fourth-order valence-corrected chi connectivity index (χ4v) is 2.15. The van der Waals surface area contributed by atoms with Crippen molar-refractivity contribution in [2.24, 2.45) is 0 Å². The van der Waals surface area contributed by atoms with Crippen LogP contribution in [-0.2, 0) is 4.79 Å². The van der Waals surface area contributed by atoms with Crippen molar-refractivity contribution in [3.05, 3.63) is 36.1 Å². The average molecular weight is 231 g/mol. The summed E-state index contributed by atoms with van der Waals surface area (Å²) in [4.78, 5) is 22.6. The summed E-state index contributed by atoms with van der Waals surface area (Å²) in [6, 6.07) is 1.77. The van der Waals surface area contributed by atoms with E-state index in [0.29, 0.717) is 5.82 Å². The molecule has 1 aromatic heterocycles. The molecule has 1 aliphatic rings. The van der Waals surface area contributed by atoms with E-state index in [1.54, 1.807) is 18.5 Å². The van der Waals surface area contributed by atoms with Crippen molar-refractivity contribution in [3.8, 4) is 0 Å². The Morgan fingerprint density at radius 2 is 2.06 bits per heavy atom. The van der Waals surface area contributed by atoms with Gasteiger partial charge in [-0.1, -0.05) is 0 Å². The summed E-state index contributed by atoms with van der Waals surface area (Å²) in [5.74, 6) is 0.675. The second-order valence-corrected chi connectivity index (χ2v) is 4.53. The van der Waals surface area contributed by atoms with Gasteiger partial charge in [-0.15, -0.1) is 0 Å². The molecule has 4 heteroatoms. The van der Waals surface area contributed by atoms with Crippen molar-refractivity contribution in [1.29, 1.82) is 0 Å². The van der Waals surface area contributed by atoms with Gasteiger partial charge in [0.15, 0.2) is 5.78 Å². The first-order valence-electron chi connectivity index (χ1n) is 5.86. The van der Waals surface area contributed by atoms with E-state index in [9.17, 15) is 4.79 Å². The van der Waals surface area contributed by atoms with Crippen molar-refractivity contribution in [3.63, 3.8) is 0 Å². The van der Waals surface area contributed by atoms with Crippen LogP contribution in [0.4, 0.5) is 0 Å². The number of rotatable bonds is 2. The highest BCUT2D eigenvalue weighted by Crippen LogP contribution is 2.30. The highest BCUT2D eigenvalue weighted by atomic mass is 16.1. The molecule has 0 aliphatic heterocycles. The van der Waals surface area contributed by atoms with Gasteiger partial charge in [0, 0.05) is 38.3 Å². The quantitative estimate of drug-likeness (QED) is 0.728. The Morgan fingerprint density at radius 3 is 2.71 bits per heavy atom. The van der Waals surface area contributed by atoms with E-state index in [4.69, 9.17) is 0 Å². The molecule has 0 amide bonds. The van der Waals surface area contributed by atoms with E-state index in [1.165, 1.54) is 0 Å². The van der Waals surface area contributed by atoms with Gasteiger partial charge in [-0.25, -0.2) is 9.97 Å². The summed E-state index contributed by atoms with van der Waals surface area (Å²) < 4.78 is 0. The number of carbonyl (C=O) groups excluding carboxylic acids is 1. The van der Waals surface area contributed by atoms with E-state index in [-0.39, 0.29) is 11.7 Å². The van der Waals surface area contributed by atoms with Gasteiger partial charge in [-0.05, 0) is 25.3 Å². The van der Waals surface area contributed by atoms with Crippen LogP contribution < -0.4 is 0 Å². The number of hydrogen-bond donors (Lipinski definition) is 0. The standard InChI is InChI=1S/C13H17N3O/c1-16(2)9-10-5-3-6-11(12(10)17)13-14-7-4-8-15-13/h4,7-9,11H,3,5-6H2,1-2H3. The lowest BCUT2D eigenvalue weighted by Gasteiger charge is -2.22. The lowest BCUT2D eigenvalue weighted by Crippen LogP contribution is -2.23. The highest BCUT2D eigenvalue weighted by molar-refractivity contribution is 6.00. The van der Waals surface area contributed by atoms with Crippen LogP contribution in [-0.4, -0.2) is 34.7 Å². The number of ketones is 1. The zero-order chi connectivity index (χ0) is 12.3. The van der Waals surface area contributed by atoms with Gasteiger partial charge in [0.05, 0.1) is 5.92 Å². The molecule has 0 N–H and O–H groups in total. The second-order valence-electron chi connectivity index (χ2n) is 4.53. The largest absolute Gasteiger partial charge is 0.383 e. The van der Waals surface area contributed by atoms with Crippen LogP contribution in [0.1, 0.15) is 31.0 Å². The van der Waals surface area contributed by atoms with Gasteiger partial charge in [-0.3, -0.25) is 4.79 Å². The zero-order valence-electron chi connectivity index (χ0n) is 10.3. The van der Waals surface area contributed by atoms with Crippen LogP contribution in [0.5, 0.6) is 0 Å². The van der Waals surface area contributed by atoms with Crippen LogP contribution in [0.3, 0.4) is 0 Å². The second kappa shape index (κ2) is 5.08. The molecule has 0 saturated heterocycles. The van der Waals surface area contributed by atoms with Gasteiger partial charge in [0.2, 0.25) is 0 Å². The molecular formula is C13H17N3O. The number of aromatic nitrogens is 2. The molecule has 1 atom stereocenters. The maximum Gasteiger partial charge on any atom is 0.170 e. The Balaban J connectivity index is 2.23. The third kappa shape index (κ3) is 2.70. The Bertz CT molecular complexity index is 426. The number of Topliss-reactive ketones (excluding diaryl/α,β-unsaturated/α-hetero) is 1.